The molecule has 11 rings (SSSR count). The summed E-state index contributed by atoms with van der Waals surface area (Å²) in [5.74, 6) is 0. The van der Waals surface area contributed by atoms with Crippen LogP contribution in [0.1, 0.15) is 0 Å². The van der Waals surface area contributed by atoms with Gasteiger partial charge in [-0.05, 0) is 103 Å². The number of rotatable bonds is 6. The molecule has 10 aromatic carbocycles. The average molecular weight is 714 g/mol. The number of furan rings is 1. The Morgan fingerprint density at radius 3 is 1.46 bits per heavy atom. The van der Waals surface area contributed by atoms with Crippen LogP contribution in [0.25, 0.3) is 87.6 Å². The van der Waals surface area contributed by atoms with Crippen molar-refractivity contribution < 1.29 is 4.42 Å². The summed E-state index contributed by atoms with van der Waals surface area (Å²) in [6.07, 6.45) is 0. The van der Waals surface area contributed by atoms with E-state index in [1.807, 2.05) is 12.1 Å². The first-order chi connectivity index (χ1) is 27.8. The Kier molecular flexibility index (Phi) is 7.53. The number of anilines is 3. The fraction of sp³-hybridized carbons (Fsp3) is 0. The molecule has 1 aromatic heterocycles. The number of hydrogen-bond donors (Lipinski definition) is 0. The normalized spacial score (nSPS) is 11.6. The first kappa shape index (κ1) is 32.0. The summed E-state index contributed by atoms with van der Waals surface area (Å²) in [4.78, 5) is 2.43. The SMILES string of the molecule is c1ccc(-c2ccc(N(c3ccc4c(c3)c(-c3ccccc3)c(-c3ccccc3)c3ccccc34)c3ccc4oc5ccccc5c4c3)c3ccccc23)cc1. The molecule has 0 saturated carbocycles. The van der Waals surface area contributed by atoms with Gasteiger partial charge in [-0.25, -0.2) is 0 Å². The molecule has 56 heavy (non-hydrogen) atoms. The van der Waals surface area contributed by atoms with E-state index in [2.05, 4.69) is 205 Å². The van der Waals surface area contributed by atoms with Crippen molar-refractivity contribution in [1.82, 2.24) is 0 Å². The predicted molar refractivity (Wildman–Crippen MR) is 237 cm³/mol. The summed E-state index contributed by atoms with van der Waals surface area (Å²) in [6.45, 7) is 0. The van der Waals surface area contributed by atoms with Crippen LogP contribution in [0.2, 0.25) is 0 Å². The lowest BCUT2D eigenvalue weighted by molar-refractivity contribution is 0.669. The van der Waals surface area contributed by atoms with Gasteiger partial charge in [0.1, 0.15) is 11.2 Å². The standard InChI is InChI=1S/C54H35NO/c1-4-16-36(17-5-1)41-31-32-50(45-24-12-10-22-42(41)45)55(40-29-33-52-48(34-40)46-25-14-15-27-51(46)56-52)39-28-30-44-43-23-11-13-26-47(43)53(37-18-6-2-7-19-37)54(49(44)35-39)38-20-8-3-9-21-38/h1-35H. The van der Waals surface area contributed by atoms with E-state index in [1.54, 1.807) is 0 Å². The van der Waals surface area contributed by atoms with Crippen LogP contribution >= 0.6 is 0 Å². The van der Waals surface area contributed by atoms with E-state index in [-0.39, 0.29) is 0 Å². The Labute approximate surface area is 325 Å². The van der Waals surface area contributed by atoms with Crippen LogP contribution in [0.15, 0.2) is 217 Å². The molecule has 0 aliphatic carbocycles. The summed E-state index contributed by atoms with van der Waals surface area (Å²) in [6, 6.07) is 76.6. The maximum atomic E-state index is 6.33. The Hall–Kier alpha value is -7.42. The van der Waals surface area contributed by atoms with Gasteiger partial charge in [0.05, 0.1) is 5.69 Å². The zero-order chi connectivity index (χ0) is 37.0. The van der Waals surface area contributed by atoms with Crippen molar-refractivity contribution in [3.63, 3.8) is 0 Å². The van der Waals surface area contributed by atoms with Gasteiger partial charge in [-0.15, -0.1) is 0 Å². The van der Waals surface area contributed by atoms with E-state index >= 15 is 0 Å². The van der Waals surface area contributed by atoms with Crippen LogP contribution in [-0.4, -0.2) is 0 Å². The van der Waals surface area contributed by atoms with Gasteiger partial charge in [0.15, 0.2) is 0 Å². The maximum Gasteiger partial charge on any atom is 0.135 e. The van der Waals surface area contributed by atoms with Gasteiger partial charge < -0.3 is 9.32 Å². The second-order valence-electron chi connectivity index (χ2n) is 14.4. The fourth-order valence-corrected chi connectivity index (χ4v) is 8.76. The summed E-state index contributed by atoms with van der Waals surface area (Å²) in [7, 11) is 0. The van der Waals surface area contributed by atoms with Crippen LogP contribution in [0.5, 0.6) is 0 Å². The van der Waals surface area contributed by atoms with Gasteiger partial charge in [-0.1, -0.05) is 170 Å². The van der Waals surface area contributed by atoms with Gasteiger partial charge in [0, 0.05) is 27.5 Å². The molecule has 2 heteroatoms. The van der Waals surface area contributed by atoms with Crippen molar-refractivity contribution in [3.05, 3.63) is 212 Å². The first-order valence-electron chi connectivity index (χ1n) is 19.2. The van der Waals surface area contributed by atoms with E-state index in [9.17, 15) is 0 Å². The second-order valence-corrected chi connectivity index (χ2v) is 14.4. The molecule has 0 saturated heterocycles. The molecule has 0 N–H and O–H groups in total. The van der Waals surface area contributed by atoms with Gasteiger partial charge in [0.2, 0.25) is 0 Å². The summed E-state index contributed by atoms with van der Waals surface area (Å²) in [5, 5.41) is 9.50. The molecule has 0 fully saturated rings. The van der Waals surface area contributed by atoms with Crippen LogP contribution in [0.3, 0.4) is 0 Å². The second kappa shape index (κ2) is 13.2. The van der Waals surface area contributed by atoms with Gasteiger partial charge in [0.25, 0.3) is 0 Å². The van der Waals surface area contributed by atoms with E-state index in [0.717, 1.165) is 39.0 Å². The van der Waals surface area contributed by atoms with Gasteiger partial charge in [-0.2, -0.15) is 0 Å². The van der Waals surface area contributed by atoms with Crippen LogP contribution in [0, 0.1) is 0 Å². The largest absolute Gasteiger partial charge is 0.456 e. The highest BCUT2D eigenvalue weighted by molar-refractivity contribution is 6.22. The fourth-order valence-electron chi connectivity index (χ4n) is 8.76. The molecule has 0 aliphatic rings. The highest BCUT2D eigenvalue weighted by Crippen LogP contribution is 2.48. The van der Waals surface area contributed by atoms with E-state index in [0.29, 0.717) is 0 Å². The molecule has 1 heterocycles. The maximum absolute atomic E-state index is 6.33. The molecular formula is C54H35NO. The molecule has 0 unspecified atom stereocenters. The lowest BCUT2D eigenvalue weighted by atomic mass is 9.85. The van der Waals surface area contributed by atoms with Crippen molar-refractivity contribution in [1.29, 1.82) is 0 Å². The minimum atomic E-state index is 0.878. The van der Waals surface area contributed by atoms with E-state index in [1.165, 1.54) is 65.7 Å². The molecule has 0 amide bonds. The molecule has 2 nitrogen and oxygen atoms in total. The number of nitrogens with zero attached hydrogens (tertiary/aromatic N) is 1. The van der Waals surface area contributed by atoms with Crippen molar-refractivity contribution in [2.45, 2.75) is 0 Å². The molecule has 0 spiro atoms. The number of para-hydroxylation sites is 1. The average Bonchev–Trinajstić information content (AvgIpc) is 3.65. The van der Waals surface area contributed by atoms with Crippen LogP contribution < -0.4 is 4.90 Å². The summed E-state index contributed by atoms with van der Waals surface area (Å²) < 4.78 is 6.33. The van der Waals surface area contributed by atoms with E-state index < -0.39 is 0 Å². The first-order valence-corrected chi connectivity index (χ1v) is 19.2. The zero-order valence-corrected chi connectivity index (χ0v) is 30.6. The molecule has 0 aliphatic heterocycles. The summed E-state index contributed by atoms with van der Waals surface area (Å²) in [5.41, 5.74) is 12.3. The molecule has 0 bridgehead atoms. The molecular weight excluding hydrogens is 679 g/mol. The zero-order valence-electron chi connectivity index (χ0n) is 30.6. The highest BCUT2D eigenvalue weighted by atomic mass is 16.3. The van der Waals surface area contributed by atoms with Crippen molar-refractivity contribution in [3.8, 4) is 33.4 Å². The van der Waals surface area contributed by atoms with Gasteiger partial charge >= 0.3 is 0 Å². The Balaban J connectivity index is 1.24. The molecule has 262 valence electrons. The van der Waals surface area contributed by atoms with Gasteiger partial charge in [-0.3, -0.25) is 0 Å². The number of fused-ring (bicyclic) bond motifs is 7. The monoisotopic (exact) mass is 713 g/mol. The van der Waals surface area contributed by atoms with Crippen molar-refractivity contribution in [2.75, 3.05) is 4.90 Å². The number of benzene rings is 10. The number of hydrogen-bond acceptors (Lipinski definition) is 2. The minimum absolute atomic E-state index is 0.878. The quantitative estimate of drug-likeness (QED) is 0.160. The highest BCUT2D eigenvalue weighted by Gasteiger charge is 2.22. The predicted octanol–water partition coefficient (Wildman–Crippen LogP) is 15.5. The topological polar surface area (TPSA) is 16.4 Å². The summed E-state index contributed by atoms with van der Waals surface area (Å²) >= 11 is 0. The lowest BCUT2D eigenvalue weighted by Crippen LogP contribution is -2.11. The third kappa shape index (κ3) is 5.19. The van der Waals surface area contributed by atoms with E-state index in [4.69, 9.17) is 4.42 Å². The molecule has 11 aromatic rings. The molecule has 0 atom stereocenters. The minimum Gasteiger partial charge on any atom is -0.456 e. The van der Waals surface area contributed by atoms with Crippen molar-refractivity contribution >= 4 is 71.3 Å². The Morgan fingerprint density at radius 1 is 0.286 bits per heavy atom. The van der Waals surface area contributed by atoms with Crippen molar-refractivity contribution in [2.24, 2.45) is 0 Å². The third-order valence-electron chi connectivity index (χ3n) is 11.2. The Morgan fingerprint density at radius 2 is 0.768 bits per heavy atom. The van der Waals surface area contributed by atoms with Crippen LogP contribution in [0.4, 0.5) is 17.1 Å². The Bertz CT molecular complexity index is 3240. The molecule has 0 radical (unpaired) electrons. The lowest BCUT2D eigenvalue weighted by Gasteiger charge is -2.28. The smallest absolute Gasteiger partial charge is 0.135 e. The van der Waals surface area contributed by atoms with Crippen LogP contribution in [-0.2, 0) is 0 Å². The third-order valence-corrected chi connectivity index (χ3v) is 11.2.